The van der Waals surface area contributed by atoms with E-state index >= 15 is 0 Å². The Bertz CT molecular complexity index is 818. The quantitative estimate of drug-likeness (QED) is 0.784. The molecule has 1 heterocycles. The minimum absolute atomic E-state index is 0.0669. The zero-order valence-electron chi connectivity index (χ0n) is 11.0. The van der Waals surface area contributed by atoms with E-state index < -0.39 is 9.05 Å². The van der Waals surface area contributed by atoms with Crippen molar-refractivity contribution in [3.05, 3.63) is 39.5 Å². The molecular formula is C12H10BrClN2O3S2. The average molecular weight is 410 g/mol. The van der Waals surface area contributed by atoms with E-state index in [0.29, 0.717) is 10.0 Å². The molecule has 0 fully saturated rings. The molecule has 0 aliphatic carbocycles. The number of hydrogen-bond donors (Lipinski definition) is 1. The molecule has 0 radical (unpaired) electrons. The lowest BCUT2D eigenvalue weighted by molar-refractivity contribution is 0.102. The van der Waals surface area contributed by atoms with Gasteiger partial charge < -0.3 is 0 Å². The number of anilines is 1. The summed E-state index contributed by atoms with van der Waals surface area (Å²) < 4.78 is 23.3. The van der Waals surface area contributed by atoms with Gasteiger partial charge in [-0.05, 0) is 41.9 Å². The number of nitrogens with zero attached hydrogens (tertiary/aromatic N) is 1. The van der Waals surface area contributed by atoms with Gasteiger partial charge >= 0.3 is 0 Å². The van der Waals surface area contributed by atoms with E-state index in [1.807, 2.05) is 13.0 Å². The first kappa shape index (κ1) is 16.4. The second kappa shape index (κ2) is 6.04. The Morgan fingerprint density at radius 3 is 2.62 bits per heavy atom. The third-order valence-electron chi connectivity index (χ3n) is 2.56. The number of benzene rings is 1. The third kappa shape index (κ3) is 3.82. The molecule has 0 spiro atoms. The lowest BCUT2D eigenvalue weighted by Gasteiger charge is -2.05. The molecule has 0 aliphatic rings. The van der Waals surface area contributed by atoms with Crippen LogP contribution in [-0.4, -0.2) is 19.3 Å². The number of amides is 1. The van der Waals surface area contributed by atoms with Crippen LogP contribution in [0.15, 0.2) is 26.9 Å². The Hall–Kier alpha value is -0.960. The highest BCUT2D eigenvalue weighted by Crippen LogP contribution is 2.30. The van der Waals surface area contributed by atoms with Crippen LogP contribution in [0, 0.1) is 13.8 Å². The summed E-state index contributed by atoms with van der Waals surface area (Å²) in [6.45, 7) is 3.39. The number of aromatic nitrogens is 1. The van der Waals surface area contributed by atoms with Crippen molar-refractivity contribution in [2.24, 2.45) is 0 Å². The number of hydrogen-bond acceptors (Lipinski definition) is 5. The summed E-state index contributed by atoms with van der Waals surface area (Å²) in [6, 6.07) is 5.36. The van der Waals surface area contributed by atoms with Gasteiger partial charge in [0.1, 0.15) is 0 Å². The summed E-state index contributed by atoms with van der Waals surface area (Å²) in [5, 5.41) is 2.76. The van der Waals surface area contributed by atoms with Crippen LogP contribution >= 0.6 is 37.9 Å². The summed E-state index contributed by atoms with van der Waals surface area (Å²) in [6.07, 6.45) is 0. The Morgan fingerprint density at radius 2 is 2.05 bits per heavy atom. The van der Waals surface area contributed by atoms with Crippen LogP contribution < -0.4 is 5.32 Å². The van der Waals surface area contributed by atoms with Gasteiger partial charge in [-0.1, -0.05) is 23.0 Å². The minimum atomic E-state index is -3.86. The maximum atomic E-state index is 12.2. The van der Waals surface area contributed by atoms with Crippen molar-refractivity contribution in [3.8, 4) is 0 Å². The van der Waals surface area contributed by atoms with Crippen LogP contribution in [0.3, 0.4) is 0 Å². The number of carbonyl (C=O) groups excluding carboxylic acids is 1. The molecule has 0 atom stereocenters. The molecule has 0 aliphatic heterocycles. The zero-order valence-corrected chi connectivity index (χ0v) is 15.0. The predicted octanol–water partition coefficient (Wildman–Crippen LogP) is 3.70. The van der Waals surface area contributed by atoms with E-state index in [9.17, 15) is 13.2 Å². The molecule has 0 bridgehead atoms. The highest BCUT2D eigenvalue weighted by Gasteiger charge is 2.21. The van der Waals surface area contributed by atoms with Crippen molar-refractivity contribution in [1.29, 1.82) is 0 Å². The summed E-state index contributed by atoms with van der Waals surface area (Å²) in [5.41, 5.74) is 1.63. The largest absolute Gasteiger partial charge is 0.298 e. The molecule has 9 heteroatoms. The van der Waals surface area contributed by atoms with E-state index in [1.54, 1.807) is 12.1 Å². The molecule has 112 valence electrons. The maximum absolute atomic E-state index is 12.2. The van der Waals surface area contributed by atoms with Crippen LogP contribution in [0.5, 0.6) is 0 Å². The van der Waals surface area contributed by atoms with Crippen LogP contribution in [0.1, 0.15) is 21.6 Å². The fraction of sp³-hybridized carbons (Fsp3) is 0.167. The van der Waals surface area contributed by atoms with Gasteiger partial charge in [0.25, 0.3) is 15.0 Å². The maximum Gasteiger partial charge on any atom is 0.272 e. The second-order valence-electron chi connectivity index (χ2n) is 4.27. The van der Waals surface area contributed by atoms with Crippen LogP contribution in [0.25, 0.3) is 0 Å². The fourth-order valence-corrected chi connectivity index (χ4v) is 4.41. The molecule has 0 saturated heterocycles. The highest BCUT2D eigenvalue weighted by atomic mass is 79.9. The summed E-state index contributed by atoms with van der Waals surface area (Å²) in [5.74, 6) is -0.377. The van der Waals surface area contributed by atoms with E-state index in [2.05, 4.69) is 26.2 Å². The molecule has 0 unspecified atom stereocenters. The molecule has 1 aromatic heterocycles. The van der Waals surface area contributed by atoms with Gasteiger partial charge in [-0.2, -0.15) is 0 Å². The normalized spacial score (nSPS) is 11.4. The molecule has 2 aromatic rings. The lowest BCUT2D eigenvalue weighted by Crippen LogP contribution is -2.12. The average Bonchev–Trinajstić information content (AvgIpc) is 2.73. The predicted molar refractivity (Wildman–Crippen MR) is 86.7 cm³/mol. The number of thiazole rings is 1. The SMILES string of the molecule is Cc1ccc(Br)c(C(=O)Nc2nc(C)c(S(=O)(=O)Cl)s2)c1. The number of aryl methyl sites for hydroxylation is 2. The Kier molecular flexibility index (Phi) is 4.72. The van der Waals surface area contributed by atoms with E-state index in [1.165, 1.54) is 6.92 Å². The van der Waals surface area contributed by atoms with Gasteiger partial charge in [-0.25, -0.2) is 13.4 Å². The highest BCUT2D eigenvalue weighted by molar-refractivity contribution is 9.10. The smallest absolute Gasteiger partial charge is 0.272 e. The first-order valence-corrected chi connectivity index (χ1v) is 9.60. The molecule has 0 saturated carbocycles. The molecule has 1 aromatic carbocycles. The molecule has 1 N–H and O–H groups in total. The topological polar surface area (TPSA) is 76.1 Å². The number of halogens is 2. The van der Waals surface area contributed by atoms with Gasteiger partial charge in [0.15, 0.2) is 9.34 Å². The Labute approximate surface area is 138 Å². The van der Waals surface area contributed by atoms with Gasteiger partial charge in [-0.15, -0.1) is 0 Å². The van der Waals surface area contributed by atoms with Crippen LogP contribution in [0.4, 0.5) is 5.13 Å². The molecule has 21 heavy (non-hydrogen) atoms. The van der Waals surface area contributed by atoms with Crippen molar-refractivity contribution in [3.63, 3.8) is 0 Å². The summed E-state index contributed by atoms with van der Waals surface area (Å²) in [4.78, 5) is 16.2. The molecular weight excluding hydrogens is 400 g/mol. The van der Waals surface area contributed by atoms with Crippen molar-refractivity contribution in [1.82, 2.24) is 4.98 Å². The number of nitrogens with one attached hydrogen (secondary N) is 1. The van der Waals surface area contributed by atoms with Crippen LogP contribution in [0.2, 0.25) is 0 Å². The lowest BCUT2D eigenvalue weighted by atomic mass is 10.1. The van der Waals surface area contributed by atoms with Crippen molar-refractivity contribution in [2.75, 3.05) is 5.32 Å². The second-order valence-corrected chi connectivity index (χ2v) is 8.88. The Balaban J connectivity index is 2.30. The van der Waals surface area contributed by atoms with Gasteiger partial charge in [0.05, 0.1) is 11.3 Å². The first-order chi connectivity index (χ1) is 9.68. The van der Waals surface area contributed by atoms with Crippen LogP contribution in [-0.2, 0) is 9.05 Å². The number of carbonyl (C=O) groups is 1. The molecule has 2 rings (SSSR count). The van der Waals surface area contributed by atoms with Gasteiger partial charge in [-0.3, -0.25) is 10.1 Å². The van der Waals surface area contributed by atoms with E-state index in [4.69, 9.17) is 10.7 Å². The fourth-order valence-electron chi connectivity index (χ4n) is 1.64. The molecule has 5 nitrogen and oxygen atoms in total. The van der Waals surface area contributed by atoms with Crippen molar-refractivity contribution >= 4 is 58.0 Å². The molecule has 1 amide bonds. The third-order valence-corrected chi connectivity index (χ3v) is 6.51. The Morgan fingerprint density at radius 1 is 1.38 bits per heavy atom. The number of rotatable bonds is 3. The first-order valence-electron chi connectivity index (χ1n) is 5.68. The van der Waals surface area contributed by atoms with Crippen molar-refractivity contribution in [2.45, 2.75) is 18.1 Å². The van der Waals surface area contributed by atoms with Gasteiger partial charge in [0, 0.05) is 15.2 Å². The minimum Gasteiger partial charge on any atom is -0.298 e. The van der Waals surface area contributed by atoms with E-state index in [-0.39, 0.29) is 20.9 Å². The van der Waals surface area contributed by atoms with Gasteiger partial charge in [0.2, 0.25) is 0 Å². The van der Waals surface area contributed by atoms with E-state index in [0.717, 1.165) is 16.9 Å². The van der Waals surface area contributed by atoms with Crippen molar-refractivity contribution < 1.29 is 13.2 Å². The summed E-state index contributed by atoms with van der Waals surface area (Å²) in [7, 11) is 1.44. The monoisotopic (exact) mass is 408 g/mol. The summed E-state index contributed by atoms with van der Waals surface area (Å²) >= 11 is 4.12. The standard InChI is InChI=1S/C12H10BrClN2O3S2/c1-6-3-4-9(13)8(5-6)10(17)16-12-15-7(2)11(20-12)21(14,18)19/h3-5H,1-2H3,(H,15,16,17). The zero-order chi connectivity index (χ0) is 15.8.